The summed E-state index contributed by atoms with van der Waals surface area (Å²) in [5.74, 6) is -1.70. The molecule has 5 heteroatoms. The van der Waals surface area contributed by atoms with Crippen molar-refractivity contribution in [2.24, 2.45) is 10.9 Å². The van der Waals surface area contributed by atoms with E-state index in [0.717, 1.165) is 6.08 Å². The normalized spacial score (nSPS) is 25.4. The van der Waals surface area contributed by atoms with Gasteiger partial charge in [0.2, 0.25) is 6.08 Å². The molecule has 1 aliphatic carbocycles. The molecule has 0 radical (unpaired) electrons. The molecule has 0 saturated carbocycles. The fourth-order valence-corrected chi connectivity index (χ4v) is 2.20. The number of amides is 1. The molecule has 4 nitrogen and oxygen atoms in total. The van der Waals surface area contributed by atoms with Crippen molar-refractivity contribution in [1.82, 2.24) is 4.98 Å². The van der Waals surface area contributed by atoms with Gasteiger partial charge < -0.3 is 0 Å². The first-order valence-corrected chi connectivity index (χ1v) is 5.71. The van der Waals surface area contributed by atoms with Crippen LogP contribution in [0, 0.1) is 5.92 Å². The Morgan fingerprint density at radius 3 is 2.95 bits per heavy atom. The van der Waals surface area contributed by atoms with Crippen molar-refractivity contribution < 1.29 is 14.0 Å². The summed E-state index contributed by atoms with van der Waals surface area (Å²) in [5.41, 5.74) is -1.04. The minimum Gasteiger partial charge on any atom is -0.270 e. The van der Waals surface area contributed by atoms with E-state index in [0.29, 0.717) is 5.69 Å². The standard InChI is InChI=1S/C14H11FN2O2/c1-10-5-6-11(15)8-14(10,13(19)17-9-18)12-4-2-3-7-16-12/h2-8,10H,1H3. The second-order valence-electron chi connectivity index (χ2n) is 4.27. The van der Waals surface area contributed by atoms with Gasteiger partial charge in [-0.2, -0.15) is 0 Å². The van der Waals surface area contributed by atoms with Gasteiger partial charge in [-0.05, 0) is 30.2 Å². The zero-order valence-electron chi connectivity index (χ0n) is 10.2. The highest BCUT2D eigenvalue weighted by atomic mass is 19.1. The molecule has 19 heavy (non-hydrogen) atoms. The molecule has 1 amide bonds. The van der Waals surface area contributed by atoms with Crippen LogP contribution in [0.1, 0.15) is 12.6 Å². The fourth-order valence-electron chi connectivity index (χ4n) is 2.20. The average Bonchev–Trinajstić information content (AvgIpc) is 2.42. The minimum atomic E-state index is -1.39. The highest BCUT2D eigenvalue weighted by Crippen LogP contribution is 2.39. The van der Waals surface area contributed by atoms with Crippen molar-refractivity contribution in [2.75, 3.05) is 0 Å². The molecule has 1 aromatic rings. The van der Waals surface area contributed by atoms with Gasteiger partial charge >= 0.3 is 0 Å². The quantitative estimate of drug-likeness (QED) is 0.603. The van der Waals surface area contributed by atoms with E-state index in [1.807, 2.05) is 0 Å². The van der Waals surface area contributed by atoms with E-state index < -0.39 is 17.1 Å². The smallest absolute Gasteiger partial charge is 0.270 e. The Hall–Kier alpha value is -2.39. The third-order valence-electron chi connectivity index (χ3n) is 3.22. The van der Waals surface area contributed by atoms with E-state index in [1.165, 1.54) is 18.4 Å². The summed E-state index contributed by atoms with van der Waals surface area (Å²) < 4.78 is 13.6. The fraction of sp³-hybridized carbons (Fsp3) is 0.214. The highest BCUT2D eigenvalue weighted by Gasteiger charge is 2.45. The van der Waals surface area contributed by atoms with E-state index in [9.17, 15) is 14.0 Å². The zero-order valence-corrected chi connectivity index (χ0v) is 10.2. The number of pyridine rings is 1. The third kappa shape index (κ3) is 2.16. The molecule has 0 fully saturated rings. The number of halogens is 1. The molecule has 96 valence electrons. The number of nitrogens with zero attached hydrogens (tertiary/aromatic N) is 2. The zero-order chi connectivity index (χ0) is 13.9. The Morgan fingerprint density at radius 2 is 2.32 bits per heavy atom. The molecule has 0 aliphatic heterocycles. The Kier molecular flexibility index (Phi) is 3.49. The lowest BCUT2D eigenvalue weighted by atomic mass is 9.70. The summed E-state index contributed by atoms with van der Waals surface area (Å²) in [6.07, 6.45) is 6.72. The van der Waals surface area contributed by atoms with Crippen LogP contribution in [0.25, 0.3) is 0 Å². The molecule has 1 heterocycles. The van der Waals surface area contributed by atoms with Crippen LogP contribution in [-0.4, -0.2) is 17.0 Å². The first-order valence-electron chi connectivity index (χ1n) is 5.71. The molecular formula is C14H11FN2O2. The molecule has 0 N–H and O–H groups in total. The third-order valence-corrected chi connectivity index (χ3v) is 3.22. The number of carbonyl (C=O) groups excluding carboxylic acids is 2. The number of hydrogen-bond donors (Lipinski definition) is 0. The first-order chi connectivity index (χ1) is 9.11. The van der Waals surface area contributed by atoms with Crippen LogP contribution in [0.5, 0.6) is 0 Å². The molecule has 2 unspecified atom stereocenters. The van der Waals surface area contributed by atoms with Crippen molar-refractivity contribution in [3.05, 3.63) is 54.1 Å². The summed E-state index contributed by atoms with van der Waals surface area (Å²) in [6, 6.07) is 4.99. The maximum Gasteiger partial charge on any atom is 0.273 e. The summed E-state index contributed by atoms with van der Waals surface area (Å²) >= 11 is 0. The topological polar surface area (TPSA) is 59.4 Å². The molecule has 0 aromatic carbocycles. The Bertz CT molecular complexity index is 603. The van der Waals surface area contributed by atoms with Gasteiger partial charge in [0.15, 0.2) is 0 Å². The van der Waals surface area contributed by atoms with Crippen LogP contribution in [0.4, 0.5) is 4.39 Å². The van der Waals surface area contributed by atoms with Crippen molar-refractivity contribution in [1.29, 1.82) is 0 Å². The van der Waals surface area contributed by atoms with Crippen molar-refractivity contribution in [3.8, 4) is 0 Å². The van der Waals surface area contributed by atoms with Crippen molar-refractivity contribution in [2.45, 2.75) is 12.3 Å². The molecule has 1 aromatic heterocycles. The maximum absolute atomic E-state index is 13.6. The largest absolute Gasteiger partial charge is 0.273 e. The monoisotopic (exact) mass is 258 g/mol. The van der Waals surface area contributed by atoms with Gasteiger partial charge in [-0.1, -0.05) is 19.1 Å². The van der Waals surface area contributed by atoms with Gasteiger partial charge in [-0.25, -0.2) is 9.18 Å². The molecule has 0 spiro atoms. The van der Waals surface area contributed by atoms with Gasteiger partial charge in [-0.3, -0.25) is 9.78 Å². The highest BCUT2D eigenvalue weighted by molar-refractivity contribution is 5.94. The van der Waals surface area contributed by atoms with Crippen LogP contribution in [0.3, 0.4) is 0 Å². The van der Waals surface area contributed by atoms with Gasteiger partial charge in [0.05, 0.1) is 5.69 Å². The molecule has 0 bridgehead atoms. The molecular weight excluding hydrogens is 247 g/mol. The predicted octanol–water partition coefficient (Wildman–Crippen LogP) is 2.24. The van der Waals surface area contributed by atoms with Crippen LogP contribution in [0.15, 0.2) is 53.4 Å². The van der Waals surface area contributed by atoms with E-state index in [1.54, 1.807) is 31.2 Å². The Morgan fingerprint density at radius 1 is 1.53 bits per heavy atom. The van der Waals surface area contributed by atoms with E-state index in [-0.39, 0.29) is 5.92 Å². The number of allylic oxidation sites excluding steroid dienone is 3. The second-order valence-corrected chi connectivity index (χ2v) is 4.27. The average molecular weight is 258 g/mol. The summed E-state index contributed by atoms with van der Waals surface area (Å²) in [4.78, 5) is 29.8. The van der Waals surface area contributed by atoms with Gasteiger partial charge in [0.25, 0.3) is 5.91 Å². The minimum absolute atomic E-state index is 0.353. The molecule has 0 saturated heterocycles. The number of isocyanates is 1. The van der Waals surface area contributed by atoms with E-state index in [4.69, 9.17) is 0 Å². The second kappa shape index (κ2) is 5.08. The Labute approximate surface area is 109 Å². The molecule has 1 aliphatic rings. The van der Waals surface area contributed by atoms with Crippen LogP contribution in [-0.2, 0) is 15.0 Å². The Balaban J connectivity index is 2.67. The van der Waals surface area contributed by atoms with E-state index in [2.05, 4.69) is 9.98 Å². The first kappa shape index (κ1) is 13.1. The number of carbonyl (C=O) groups is 1. The summed E-state index contributed by atoms with van der Waals surface area (Å²) in [7, 11) is 0. The SMILES string of the molecule is CC1C=CC(F)=CC1(C(=O)N=C=O)c1ccccn1. The van der Waals surface area contributed by atoms with Gasteiger partial charge in [0, 0.05) is 6.20 Å². The predicted molar refractivity (Wildman–Crippen MR) is 66.5 cm³/mol. The molecule has 2 rings (SSSR count). The number of hydrogen-bond acceptors (Lipinski definition) is 3. The maximum atomic E-state index is 13.6. The molecule has 2 atom stereocenters. The van der Waals surface area contributed by atoms with Gasteiger partial charge in [-0.15, -0.1) is 4.99 Å². The van der Waals surface area contributed by atoms with Crippen LogP contribution >= 0.6 is 0 Å². The van der Waals surface area contributed by atoms with Crippen molar-refractivity contribution >= 4 is 12.0 Å². The lowest BCUT2D eigenvalue weighted by Gasteiger charge is -2.32. The summed E-state index contributed by atoms with van der Waals surface area (Å²) in [5, 5.41) is 0. The number of aromatic nitrogens is 1. The van der Waals surface area contributed by atoms with Crippen LogP contribution < -0.4 is 0 Å². The number of aliphatic imine (C=N–C) groups is 1. The number of rotatable bonds is 2. The van der Waals surface area contributed by atoms with Gasteiger partial charge in [0.1, 0.15) is 11.2 Å². The summed E-state index contributed by atoms with van der Waals surface area (Å²) in [6.45, 7) is 1.74. The lowest BCUT2D eigenvalue weighted by molar-refractivity contribution is -0.122. The lowest BCUT2D eigenvalue weighted by Crippen LogP contribution is -2.40. The van der Waals surface area contributed by atoms with Crippen molar-refractivity contribution in [3.63, 3.8) is 0 Å². The van der Waals surface area contributed by atoms with Crippen LogP contribution in [0.2, 0.25) is 0 Å². The van der Waals surface area contributed by atoms with E-state index >= 15 is 0 Å².